The molecule has 0 aliphatic carbocycles. The lowest BCUT2D eigenvalue weighted by molar-refractivity contribution is 0.572. The summed E-state index contributed by atoms with van der Waals surface area (Å²) in [4.78, 5) is 1.09. The van der Waals surface area contributed by atoms with Gasteiger partial charge < -0.3 is 4.57 Å². The van der Waals surface area contributed by atoms with Crippen molar-refractivity contribution >= 4 is 12.6 Å². The standard InChI is InChI=1S/C9H15NS/c1-6(2)10-7(3)5-9(11)8(10)4/h5-6,11H,1-4H3. The van der Waals surface area contributed by atoms with Gasteiger partial charge >= 0.3 is 0 Å². The summed E-state index contributed by atoms with van der Waals surface area (Å²) in [5.74, 6) is 0. The summed E-state index contributed by atoms with van der Waals surface area (Å²) in [6.07, 6.45) is 0. The van der Waals surface area contributed by atoms with E-state index < -0.39 is 0 Å². The zero-order valence-corrected chi connectivity index (χ0v) is 8.44. The molecule has 2 heteroatoms. The van der Waals surface area contributed by atoms with E-state index in [1.54, 1.807) is 0 Å². The number of aryl methyl sites for hydroxylation is 1. The van der Waals surface area contributed by atoms with Crippen molar-refractivity contribution in [1.29, 1.82) is 0 Å². The second-order valence-corrected chi connectivity index (χ2v) is 3.70. The second kappa shape index (κ2) is 2.94. The van der Waals surface area contributed by atoms with Gasteiger partial charge in [-0.2, -0.15) is 0 Å². The van der Waals surface area contributed by atoms with Crippen molar-refractivity contribution in [3.8, 4) is 0 Å². The molecule has 1 heterocycles. The van der Waals surface area contributed by atoms with Gasteiger partial charge in [-0.1, -0.05) is 0 Å². The van der Waals surface area contributed by atoms with Gasteiger partial charge in [0, 0.05) is 22.3 Å². The Morgan fingerprint density at radius 3 is 2.09 bits per heavy atom. The highest BCUT2D eigenvalue weighted by molar-refractivity contribution is 7.80. The van der Waals surface area contributed by atoms with Crippen molar-refractivity contribution in [3.05, 3.63) is 17.5 Å². The Morgan fingerprint density at radius 1 is 1.36 bits per heavy atom. The molecule has 0 saturated heterocycles. The average Bonchev–Trinajstić information content (AvgIpc) is 2.07. The topological polar surface area (TPSA) is 4.93 Å². The third-order valence-electron chi connectivity index (χ3n) is 1.97. The number of hydrogen-bond donors (Lipinski definition) is 1. The Bertz CT molecular complexity index is 261. The summed E-state index contributed by atoms with van der Waals surface area (Å²) in [5.41, 5.74) is 2.56. The third kappa shape index (κ3) is 1.45. The zero-order chi connectivity index (χ0) is 8.59. The van der Waals surface area contributed by atoms with Crippen molar-refractivity contribution in [1.82, 2.24) is 4.57 Å². The fourth-order valence-electron chi connectivity index (χ4n) is 1.55. The SMILES string of the molecule is Cc1cc(S)c(C)n1C(C)C. The van der Waals surface area contributed by atoms with Crippen LogP contribution in [0.15, 0.2) is 11.0 Å². The van der Waals surface area contributed by atoms with Crippen molar-refractivity contribution < 1.29 is 0 Å². The molecule has 0 N–H and O–H groups in total. The number of aromatic nitrogens is 1. The molecule has 0 aromatic carbocycles. The Morgan fingerprint density at radius 2 is 1.91 bits per heavy atom. The number of nitrogens with zero attached hydrogens (tertiary/aromatic N) is 1. The van der Waals surface area contributed by atoms with E-state index in [4.69, 9.17) is 0 Å². The van der Waals surface area contributed by atoms with Gasteiger partial charge in [-0.05, 0) is 33.8 Å². The van der Waals surface area contributed by atoms with Crippen LogP contribution in [0.4, 0.5) is 0 Å². The van der Waals surface area contributed by atoms with Crippen LogP contribution in [0.5, 0.6) is 0 Å². The highest BCUT2D eigenvalue weighted by Crippen LogP contribution is 2.22. The van der Waals surface area contributed by atoms with Crippen LogP contribution in [-0.4, -0.2) is 4.57 Å². The van der Waals surface area contributed by atoms with E-state index in [1.165, 1.54) is 11.4 Å². The van der Waals surface area contributed by atoms with Gasteiger partial charge in [0.05, 0.1) is 0 Å². The molecule has 0 unspecified atom stereocenters. The lowest BCUT2D eigenvalue weighted by atomic mass is 10.3. The van der Waals surface area contributed by atoms with Crippen molar-refractivity contribution in [2.45, 2.75) is 38.6 Å². The van der Waals surface area contributed by atoms with Crippen molar-refractivity contribution in [3.63, 3.8) is 0 Å². The van der Waals surface area contributed by atoms with E-state index in [2.05, 4.69) is 51.0 Å². The van der Waals surface area contributed by atoms with E-state index in [-0.39, 0.29) is 0 Å². The first kappa shape index (κ1) is 8.72. The molecule has 0 fully saturated rings. The van der Waals surface area contributed by atoms with Gasteiger partial charge in [0.1, 0.15) is 0 Å². The van der Waals surface area contributed by atoms with Gasteiger partial charge in [0.25, 0.3) is 0 Å². The average molecular weight is 169 g/mol. The molecular formula is C9H15NS. The summed E-state index contributed by atoms with van der Waals surface area (Å²) < 4.78 is 2.29. The highest BCUT2D eigenvalue weighted by Gasteiger charge is 2.07. The summed E-state index contributed by atoms with van der Waals surface area (Å²) >= 11 is 4.36. The fourth-order valence-corrected chi connectivity index (χ4v) is 1.85. The molecule has 62 valence electrons. The Kier molecular flexibility index (Phi) is 2.33. The van der Waals surface area contributed by atoms with Crippen LogP contribution in [0, 0.1) is 13.8 Å². The first-order valence-electron chi connectivity index (χ1n) is 3.91. The first-order chi connectivity index (χ1) is 5.04. The van der Waals surface area contributed by atoms with Crippen LogP contribution in [-0.2, 0) is 0 Å². The molecule has 1 nitrogen and oxygen atoms in total. The quantitative estimate of drug-likeness (QED) is 0.617. The van der Waals surface area contributed by atoms with Crippen molar-refractivity contribution in [2.24, 2.45) is 0 Å². The zero-order valence-electron chi connectivity index (χ0n) is 7.55. The molecule has 0 radical (unpaired) electrons. The minimum absolute atomic E-state index is 0.538. The van der Waals surface area contributed by atoms with Crippen LogP contribution >= 0.6 is 12.6 Å². The van der Waals surface area contributed by atoms with E-state index in [9.17, 15) is 0 Å². The highest BCUT2D eigenvalue weighted by atomic mass is 32.1. The number of hydrogen-bond acceptors (Lipinski definition) is 1. The van der Waals surface area contributed by atoms with Gasteiger partial charge in [-0.25, -0.2) is 0 Å². The first-order valence-corrected chi connectivity index (χ1v) is 4.36. The molecule has 0 aliphatic heterocycles. The van der Waals surface area contributed by atoms with E-state index in [1.807, 2.05) is 0 Å². The maximum absolute atomic E-state index is 4.36. The monoisotopic (exact) mass is 169 g/mol. The smallest absolute Gasteiger partial charge is 0.0282 e. The van der Waals surface area contributed by atoms with Gasteiger partial charge in [-0.3, -0.25) is 0 Å². The molecule has 1 aromatic rings. The maximum Gasteiger partial charge on any atom is 0.0282 e. The molecule has 0 bridgehead atoms. The predicted molar refractivity (Wildman–Crippen MR) is 51.5 cm³/mol. The molecule has 0 atom stereocenters. The molecule has 0 saturated carbocycles. The van der Waals surface area contributed by atoms with Crippen LogP contribution in [0.3, 0.4) is 0 Å². The molecule has 1 aromatic heterocycles. The maximum atomic E-state index is 4.36. The number of rotatable bonds is 1. The number of thiol groups is 1. The molecule has 0 spiro atoms. The Labute approximate surface area is 73.8 Å². The van der Waals surface area contributed by atoms with E-state index in [0.29, 0.717) is 6.04 Å². The minimum atomic E-state index is 0.538. The van der Waals surface area contributed by atoms with Gasteiger partial charge in [-0.15, -0.1) is 12.6 Å². The Balaban J connectivity index is 3.22. The van der Waals surface area contributed by atoms with Crippen LogP contribution < -0.4 is 0 Å². The van der Waals surface area contributed by atoms with Crippen molar-refractivity contribution in [2.75, 3.05) is 0 Å². The predicted octanol–water partition coefficient (Wildman–Crippen LogP) is 2.97. The van der Waals surface area contributed by atoms with Crippen LogP contribution in [0.25, 0.3) is 0 Å². The molecule has 1 rings (SSSR count). The van der Waals surface area contributed by atoms with Crippen LogP contribution in [0.2, 0.25) is 0 Å². The second-order valence-electron chi connectivity index (χ2n) is 3.22. The minimum Gasteiger partial charge on any atom is -0.346 e. The van der Waals surface area contributed by atoms with Gasteiger partial charge in [0.2, 0.25) is 0 Å². The molecule has 0 aliphatic rings. The fraction of sp³-hybridized carbons (Fsp3) is 0.556. The summed E-state index contributed by atoms with van der Waals surface area (Å²) in [6.45, 7) is 8.60. The largest absolute Gasteiger partial charge is 0.346 e. The molecule has 0 amide bonds. The Hall–Kier alpha value is -0.370. The third-order valence-corrected chi connectivity index (χ3v) is 2.43. The van der Waals surface area contributed by atoms with E-state index in [0.717, 1.165) is 4.90 Å². The summed E-state index contributed by atoms with van der Waals surface area (Å²) in [7, 11) is 0. The van der Waals surface area contributed by atoms with Gasteiger partial charge in [0.15, 0.2) is 0 Å². The normalized spacial score (nSPS) is 11.1. The summed E-state index contributed by atoms with van der Waals surface area (Å²) in [6, 6.07) is 2.65. The molecule has 11 heavy (non-hydrogen) atoms. The summed E-state index contributed by atoms with van der Waals surface area (Å²) in [5, 5.41) is 0. The lowest BCUT2D eigenvalue weighted by Crippen LogP contribution is -2.04. The lowest BCUT2D eigenvalue weighted by Gasteiger charge is -2.12. The van der Waals surface area contributed by atoms with E-state index >= 15 is 0 Å². The van der Waals surface area contributed by atoms with Crippen LogP contribution in [0.1, 0.15) is 31.3 Å². The molecular weight excluding hydrogens is 154 g/mol.